The van der Waals surface area contributed by atoms with Gasteiger partial charge in [0.2, 0.25) is 5.91 Å². The fourth-order valence-corrected chi connectivity index (χ4v) is 3.85. The van der Waals surface area contributed by atoms with Crippen molar-refractivity contribution >= 4 is 34.3 Å². The summed E-state index contributed by atoms with van der Waals surface area (Å²) in [7, 11) is 1.92. The highest BCUT2D eigenvalue weighted by molar-refractivity contribution is 7.99. The zero-order valence-corrected chi connectivity index (χ0v) is 16.8. The van der Waals surface area contributed by atoms with Crippen LogP contribution in [0.25, 0.3) is 22.3 Å². The number of para-hydroxylation sites is 1. The van der Waals surface area contributed by atoms with E-state index < -0.39 is 0 Å². The van der Waals surface area contributed by atoms with Crippen LogP contribution in [0.2, 0.25) is 0 Å². The lowest BCUT2D eigenvalue weighted by Crippen LogP contribution is -2.15. The molecular formula is C21H21N5OS. The second kappa shape index (κ2) is 7.52. The first-order valence-corrected chi connectivity index (χ1v) is 9.98. The molecule has 0 fully saturated rings. The molecule has 4 rings (SSSR count). The number of benzene rings is 2. The van der Waals surface area contributed by atoms with Crippen molar-refractivity contribution in [2.24, 2.45) is 7.05 Å². The lowest BCUT2D eigenvalue weighted by Gasteiger charge is -2.10. The quantitative estimate of drug-likeness (QED) is 0.497. The number of H-pyrrole nitrogens is 1. The number of anilines is 1. The first-order chi connectivity index (χ1) is 13.5. The second-order valence-corrected chi connectivity index (χ2v) is 7.64. The van der Waals surface area contributed by atoms with E-state index in [9.17, 15) is 4.79 Å². The van der Waals surface area contributed by atoms with Gasteiger partial charge < -0.3 is 14.9 Å². The lowest BCUT2D eigenvalue weighted by atomic mass is 10.1. The van der Waals surface area contributed by atoms with Crippen LogP contribution >= 0.6 is 11.8 Å². The Morgan fingerprint density at radius 3 is 2.82 bits per heavy atom. The maximum absolute atomic E-state index is 12.4. The van der Waals surface area contributed by atoms with E-state index in [0.717, 1.165) is 39.1 Å². The van der Waals surface area contributed by atoms with Gasteiger partial charge in [0.05, 0.1) is 5.75 Å². The smallest absolute Gasteiger partial charge is 0.234 e. The molecule has 0 unspecified atom stereocenters. The molecule has 2 heterocycles. The van der Waals surface area contributed by atoms with Crippen LogP contribution in [0.15, 0.2) is 53.8 Å². The van der Waals surface area contributed by atoms with Gasteiger partial charge in [0.1, 0.15) is 0 Å². The van der Waals surface area contributed by atoms with Crippen molar-refractivity contribution in [2.45, 2.75) is 19.0 Å². The van der Waals surface area contributed by atoms with Crippen molar-refractivity contribution < 1.29 is 4.79 Å². The van der Waals surface area contributed by atoms with Crippen LogP contribution in [0, 0.1) is 13.8 Å². The highest BCUT2D eigenvalue weighted by atomic mass is 32.2. The number of amides is 1. The number of fused-ring (bicyclic) bond motifs is 1. The van der Waals surface area contributed by atoms with Crippen molar-refractivity contribution in [3.8, 4) is 11.4 Å². The summed E-state index contributed by atoms with van der Waals surface area (Å²) in [6.07, 6.45) is 1.94. The Labute approximate surface area is 167 Å². The average molecular weight is 392 g/mol. The summed E-state index contributed by atoms with van der Waals surface area (Å²) in [6.45, 7) is 4.04. The first kappa shape index (κ1) is 18.3. The fraction of sp³-hybridized carbons (Fsp3) is 0.190. The van der Waals surface area contributed by atoms with Crippen molar-refractivity contribution in [1.29, 1.82) is 0 Å². The molecule has 0 atom stereocenters. The van der Waals surface area contributed by atoms with Gasteiger partial charge in [-0.15, -0.1) is 10.2 Å². The Balaban J connectivity index is 1.48. The van der Waals surface area contributed by atoms with Gasteiger partial charge in [0, 0.05) is 35.4 Å². The minimum atomic E-state index is -0.0599. The van der Waals surface area contributed by atoms with Crippen LogP contribution in [-0.4, -0.2) is 31.4 Å². The number of nitrogens with zero attached hydrogens (tertiary/aromatic N) is 3. The molecule has 28 heavy (non-hydrogen) atoms. The van der Waals surface area contributed by atoms with E-state index in [1.807, 2.05) is 68.1 Å². The maximum Gasteiger partial charge on any atom is 0.234 e. The van der Waals surface area contributed by atoms with E-state index >= 15 is 0 Å². The van der Waals surface area contributed by atoms with Crippen LogP contribution in [0.4, 0.5) is 5.69 Å². The summed E-state index contributed by atoms with van der Waals surface area (Å²) in [5, 5.41) is 13.4. The predicted octanol–water partition coefficient (Wildman–Crippen LogP) is 4.31. The molecule has 0 aliphatic carbocycles. The number of hydrogen-bond donors (Lipinski definition) is 2. The number of hydrogen-bond acceptors (Lipinski definition) is 4. The van der Waals surface area contributed by atoms with Crippen LogP contribution < -0.4 is 5.32 Å². The molecule has 0 aliphatic heterocycles. The van der Waals surface area contributed by atoms with Gasteiger partial charge in [-0.1, -0.05) is 42.1 Å². The molecule has 0 bridgehead atoms. The van der Waals surface area contributed by atoms with E-state index in [-0.39, 0.29) is 11.7 Å². The molecular weight excluding hydrogens is 370 g/mol. The molecule has 6 nitrogen and oxygen atoms in total. The summed E-state index contributed by atoms with van der Waals surface area (Å²) in [6, 6.07) is 14.0. The van der Waals surface area contributed by atoms with Crippen molar-refractivity contribution in [3.63, 3.8) is 0 Å². The Bertz CT molecular complexity index is 1160. The van der Waals surface area contributed by atoms with Crippen LogP contribution in [0.5, 0.6) is 0 Å². The molecule has 0 spiro atoms. The maximum atomic E-state index is 12.4. The molecule has 0 aliphatic rings. The van der Waals surface area contributed by atoms with Crippen LogP contribution in [-0.2, 0) is 11.8 Å². The fourth-order valence-electron chi connectivity index (χ4n) is 3.13. The third kappa shape index (κ3) is 3.41. The largest absolute Gasteiger partial charge is 0.360 e. The molecule has 0 radical (unpaired) electrons. The molecule has 0 saturated heterocycles. The summed E-state index contributed by atoms with van der Waals surface area (Å²) in [5.74, 6) is 0.984. The van der Waals surface area contributed by atoms with E-state index in [0.29, 0.717) is 5.16 Å². The lowest BCUT2D eigenvalue weighted by molar-refractivity contribution is -0.113. The van der Waals surface area contributed by atoms with E-state index in [2.05, 4.69) is 26.6 Å². The van der Waals surface area contributed by atoms with Crippen molar-refractivity contribution in [1.82, 2.24) is 19.7 Å². The Morgan fingerprint density at radius 2 is 1.96 bits per heavy atom. The number of thioether (sulfide) groups is 1. The van der Waals surface area contributed by atoms with Crippen molar-refractivity contribution in [3.05, 3.63) is 59.8 Å². The molecule has 2 aromatic heterocycles. The Hall–Kier alpha value is -3.06. The normalized spacial score (nSPS) is 11.1. The highest BCUT2D eigenvalue weighted by Crippen LogP contribution is 2.29. The topological polar surface area (TPSA) is 75.6 Å². The molecule has 7 heteroatoms. The van der Waals surface area contributed by atoms with Gasteiger partial charge in [0.15, 0.2) is 11.0 Å². The van der Waals surface area contributed by atoms with Gasteiger partial charge in [-0.05, 0) is 37.1 Å². The molecule has 142 valence electrons. The van der Waals surface area contributed by atoms with Crippen LogP contribution in [0.3, 0.4) is 0 Å². The standard InChI is InChI=1S/C21H21N5OS/c1-13-7-6-10-17(14(13)2)23-19(27)12-28-21-25-24-20(26(21)3)16-11-22-18-9-5-4-8-15(16)18/h4-11,22H,12H2,1-3H3,(H,23,27). The number of carbonyl (C=O) groups is 1. The predicted molar refractivity (Wildman–Crippen MR) is 114 cm³/mol. The van der Waals surface area contributed by atoms with Crippen molar-refractivity contribution in [2.75, 3.05) is 11.1 Å². The molecule has 4 aromatic rings. The molecule has 0 saturated carbocycles. The van der Waals surface area contributed by atoms with E-state index in [1.165, 1.54) is 11.8 Å². The van der Waals surface area contributed by atoms with Gasteiger partial charge in [-0.3, -0.25) is 4.79 Å². The summed E-state index contributed by atoms with van der Waals surface area (Å²) >= 11 is 1.38. The number of aromatic nitrogens is 4. The van der Waals surface area contributed by atoms with E-state index in [4.69, 9.17) is 0 Å². The second-order valence-electron chi connectivity index (χ2n) is 6.70. The number of nitrogens with one attached hydrogen (secondary N) is 2. The summed E-state index contributed by atoms with van der Waals surface area (Å²) in [4.78, 5) is 15.6. The summed E-state index contributed by atoms with van der Waals surface area (Å²) in [5.41, 5.74) is 5.14. The van der Waals surface area contributed by atoms with Gasteiger partial charge in [-0.2, -0.15) is 0 Å². The zero-order valence-electron chi connectivity index (χ0n) is 16.0. The van der Waals surface area contributed by atoms with E-state index in [1.54, 1.807) is 0 Å². The SMILES string of the molecule is Cc1cccc(NC(=O)CSc2nnc(-c3c[nH]c4ccccc34)n2C)c1C. The minimum Gasteiger partial charge on any atom is -0.360 e. The number of aryl methyl sites for hydroxylation is 1. The average Bonchev–Trinajstić information content (AvgIpc) is 3.27. The zero-order chi connectivity index (χ0) is 19.7. The Kier molecular flexibility index (Phi) is 4.92. The van der Waals surface area contributed by atoms with Gasteiger partial charge >= 0.3 is 0 Å². The Morgan fingerprint density at radius 1 is 1.14 bits per heavy atom. The molecule has 2 aromatic carbocycles. The third-order valence-corrected chi connectivity index (χ3v) is 5.90. The number of carbonyl (C=O) groups excluding carboxylic acids is 1. The third-order valence-electron chi connectivity index (χ3n) is 4.88. The number of aromatic amines is 1. The molecule has 2 N–H and O–H groups in total. The van der Waals surface area contributed by atoms with Gasteiger partial charge in [-0.25, -0.2) is 0 Å². The molecule has 1 amide bonds. The summed E-state index contributed by atoms with van der Waals surface area (Å²) < 4.78 is 1.92. The number of rotatable bonds is 5. The highest BCUT2D eigenvalue weighted by Gasteiger charge is 2.16. The van der Waals surface area contributed by atoms with Gasteiger partial charge in [0.25, 0.3) is 0 Å². The van der Waals surface area contributed by atoms with Crippen LogP contribution in [0.1, 0.15) is 11.1 Å². The first-order valence-electron chi connectivity index (χ1n) is 8.99. The minimum absolute atomic E-state index is 0.0599. The monoisotopic (exact) mass is 391 g/mol.